The van der Waals surface area contributed by atoms with Gasteiger partial charge in [-0.15, -0.1) is 0 Å². The first kappa shape index (κ1) is 14.1. The summed E-state index contributed by atoms with van der Waals surface area (Å²) < 4.78 is 10.9. The second kappa shape index (κ2) is 7.33. The summed E-state index contributed by atoms with van der Waals surface area (Å²) in [7, 11) is 3.77. The summed E-state index contributed by atoms with van der Waals surface area (Å²) in [5.74, 6) is 1.51. The van der Waals surface area contributed by atoms with Crippen LogP contribution in [0.4, 0.5) is 0 Å². The van der Waals surface area contributed by atoms with E-state index >= 15 is 0 Å². The monoisotopic (exact) mass is 266 g/mol. The molecule has 0 unspecified atom stereocenters. The molecule has 0 spiro atoms. The van der Waals surface area contributed by atoms with Gasteiger partial charge in [-0.1, -0.05) is 12.1 Å². The van der Waals surface area contributed by atoms with Gasteiger partial charge in [-0.3, -0.25) is 4.84 Å². The highest BCUT2D eigenvalue weighted by atomic mass is 16.7. The second-order valence-electron chi connectivity index (χ2n) is 4.56. The first-order chi connectivity index (χ1) is 9.29. The van der Waals surface area contributed by atoms with Crippen molar-refractivity contribution in [3.8, 4) is 11.5 Å². The summed E-state index contributed by atoms with van der Waals surface area (Å²) in [4.78, 5) is 7.96. The molecule has 5 heteroatoms. The van der Waals surface area contributed by atoms with Crippen molar-refractivity contribution in [1.29, 1.82) is 0 Å². The predicted octanol–water partition coefficient (Wildman–Crippen LogP) is 1.25. The van der Waals surface area contributed by atoms with Gasteiger partial charge in [0, 0.05) is 26.2 Å². The van der Waals surface area contributed by atoms with Crippen LogP contribution in [0.2, 0.25) is 0 Å². The quantitative estimate of drug-likeness (QED) is 0.724. The third kappa shape index (κ3) is 4.38. The number of hydroxylamine groups is 2. The number of methoxy groups -OCH3 is 1. The standard InChI is InChI=1S/C14H22N2O3/c1-15-7-9-16(10-8-15)19-12-11-18-14-6-4-3-5-13(14)17-2/h3-6H,7-12H2,1-2H3. The number of piperazine rings is 1. The van der Waals surface area contributed by atoms with Crippen LogP contribution in [0.1, 0.15) is 0 Å². The summed E-state index contributed by atoms with van der Waals surface area (Å²) in [5, 5.41) is 2.01. The van der Waals surface area contributed by atoms with Crippen LogP contribution in [0.3, 0.4) is 0 Å². The molecule has 0 bridgehead atoms. The van der Waals surface area contributed by atoms with Crippen LogP contribution in [0.15, 0.2) is 24.3 Å². The second-order valence-corrected chi connectivity index (χ2v) is 4.56. The van der Waals surface area contributed by atoms with Crippen LogP contribution in [0, 0.1) is 0 Å². The van der Waals surface area contributed by atoms with E-state index < -0.39 is 0 Å². The van der Waals surface area contributed by atoms with Crippen molar-refractivity contribution < 1.29 is 14.3 Å². The van der Waals surface area contributed by atoms with Gasteiger partial charge in [0.1, 0.15) is 13.2 Å². The molecule has 2 rings (SSSR count). The molecule has 106 valence electrons. The minimum absolute atomic E-state index is 0.521. The molecule has 0 amide bonds. The molecule has 1 aliphatic rings. The molecular formula is C14H22N2O3. The Kier molecular flexibility index (Phi) is 5.44. The zero-order valence-corrected chi connectivity index (χ0v) is 11.7. The van der Waals surface area contributed by atoms with E-state index in [1.54, 1.807) is 7.11 Å². The van der Waals surface area contributed by atoms with Crippen molar-refractivity contribution >= 4 is 0 Å². The fourth-order valence-corrected chi connectivity index (χ4v) is 1.97. The SMILES string of the molecule is COc1ccccc1OCCON1CCN(C)CC1. The highest BCUT2D eigenvalue weighted by Gasteiger charge is 2.13. The maximum atomic E-state index is 5.67. The number of nitrogens with zero attached hydrogens (tertiary/aromatic N) is 2. The van der Waals surface area contributed by atoms with Crippen LogP contribution in [-0.2, 0) is 4.84 Å². The van der Waals surface area contributed by atoms with Crippen molar-refractivity contribution in [2.75, 3.05) is 53.6 Å². The Balaban J connectivity index is 1.66. The third-order valence-electron chi connectivity index (χ3n) is 3.15. The molecule has 0 aliphatic carbocycles. The number of hydrogen-bond acceptors (Lipinski definition) is 5. The summed E-state index contributed by atoms with van der Waals surface area (Å²) in [6.07, 6.45) is 0. The molecule has 5 nitrogen and oxygen atoms in total. The molecule has 1 aliphatic heterocycles. The van der Waals surface area contributed by atoms with Crippen LogP contribution in [-0.4, -0.2) is 63.5 Å². The first-order valence-corrected chi connectivity index (χ1v) is 6.62. The smallest absolute Gasteiger partial charge is 0.161 e. The molecule has 1 aromatic rings. The zero-order valence-electron chi connectivity index (χ0n) is 11.7. The minimum Gasteiger partial charge on any atom is -0.493 e. The van der Waals surface area contributed by atoms with Gasteiger partial charge in [0.05, 0.1) is 7.11 Å². The summed E-state index contributed by atoms with van der Waals surface area (Å²) in [6, 6.07) is 7.64. The predicted molar refractivity (Wildman–Crippen MR) is 73.5 cm³/mol. The Morgan fingerprint density at radius 2 is 1.68 bits per heavy atom. The van der Waals surface area contributed by atoms with Crippen molar-refractivity contribution in [1.82, 2.24) is 9.96 Å². The third-order valence-corrected chi connectivity index (χ3v) is 3.15. The van der Waals surface area contributed by atoms with Gasteiger partial charge in [-0.05, 0) is 19.2 Å². The average molecular weight is 266 g/mol. The van der Waals surface area contributed by atoms with Crippen molar-refractivity contribution in [3.63, 3.8) is 0 Å². The number of hydrogen-bond donors (Lipinski definition) is 0. The van der Waals surface area contributed by atoms with Crippen molar-refractivity contribution in [2.45, 2.75) is 0 Å². The number of ether oxygens (including phenoxy) is 2. The first-order valence-electron chi connectivity index (χ1n) is 6.62. The van der Waals surface area contributed by atoms with Gasteiger partial charge < -0.3 is 14.4 Å². The van der Waals surface area contributed by atoms with Gasteiger partial charge in [0.15, 0.2) is 11.5 Å². The fraction of sp³-hybridized carbons (Fsp3) is 0.571. The summed E-state index contributed by atoms with van der Waals surface area (Å²) >= 11 is 0. The van der Waals surface area contributed by atoms with E-state index in [0.717, 1.165) is 37.7 Å². The Bertz CT molecular complexity index is 379. The Morgan fingerprint density at radius 1 is 1.00 bits per heavy atom. The van der Waals surface area contributed by atoms with E-state index in [0.29, 0.717) is 13.2 Å². The van der Waals surface area contributed by atoms with E-state index in [2.05, 4.69) is 11.9 Å². The maximum absolute atomic E-state index is 5.67. The van der Waals surface area contributed by atoms with Gasteiger partial charge in [-0.25, -0.2) is 0 Å². The zero-order chi connectivity index (χ0) is 13.5. The van der Waals surface area contributed by atoms with Crippen LogP contribution in [0.25, 0.3) is 0 Å². The number of likely N-dealkylation sites (N-methyl/N-ethyl adjacent to an activating group) is 1. The topological polar surface area (TPSA) is 34.2 Å². The lowest BCUT2D eigenvalue weighted by atomic mass is 10.3. The van der Waals surface area contributed by atoms with Crippen LogP contribution < -0.4 is 9.47 Å². The Hall–Kier alpha value is -1.30. The molecule has 0 radical (unpaired) electrons. The number of para-hydroxylation sites is 2. The normalized spacial score (nSPS) is 17.4. The number of rotatable bonds is 6. The molecule has 0 N–H and O–H groups in total. The van der Waals surface area contributed by atoms with Crippen LogP contribution in [0.5, 0.6) is 11.5 Å². The largest absolute Gasteiger partial charge is 0.493 e. The number of benzene rings is 1. The lowest BCUT2D eigenvalue weighted by Crippen LogP contribution is -2.44. The summed E-state index contributed by atoms with van der Waals surface area (Å²) in [5.41, 5.74) is 0. The minimum atomic E-state index is 0.521. The van der Waals surface area contributed by atoms with Gasteiger partial charge in [-0.2, -0.15) is 5.06 Å². The van der Waals surface area contributed by atoms with E-state index in [1.165, 1.54) is 0 Å². The molecular weight excluding hydrogens is 244 g/mol. The van der Waals surface area contributed by atoms with E-state index in [1.807, 2.05) is 29.3 Å². The summed E-state index contributed by atoms with van der Waals surface area (Å²) in [6.45, 7) is 5.07. The molecule has 19 heavy (non-hydrogen) atoms. The lowest BCUT2D eigenvalue weighted by molar-refractivity contribution is -0.179. The van der Waals surface area contributed by atoms with E-state index in [-0.39, 0.29) is 0 Å². The van der Waals surface area contributed by atoms with Crippen molar-refractivity contribution in [2.24, 2.45) is 0 Å². The molecule has 1 fully saturated rings. The molecule has 0 aromatic heterocycles. The average Bonchev–Trinajstić information content (AvgIpc) is 2.46. The van der Waals surface area contributed by atoms with Crippen molar-refractivity contribution in [3.05, 3.63) is 24.3 Å². The van der Waals surface area contributed by atoms with Gasteiger partial charge in [0.2, 0.25) is 0 Å². The van der Waals surface area contributed by atoms with Gasteiger partial charge >= 0.3 is 0 Å². The Labute approximate surface area is 114 Å². The molecule has 1 heterocycles. The van der Waals surface area contributed by atoms with Crippen LogP contribution >= 0.6 is 0 Å². The van der Waals surface area contributed by atoms with E-state index in [4.69, 9.17) is 14.3 Å². The maximum Gasteiger partial charge on any atom is 0.161 e. The molecule has 1 saturated heterocycles. The molecule has 0 saturated carbocycles. The Morgan fingerprint density at radius 3 is 2.37 bits per heavy atom. The highest BCUT2D eigenvalue weighted by Crippen LogP contribution is 2.25. The van der Waals surface area contributed by atoms with Gasteiger partial charge in [0.25, 0.3) is 0 Å². The van der Waals surface area contributed by atoms with E-state index in [9.17, 15) is 0 Å². The molecule has 0 atom stereocenters. The highest BCUT2D eigenvalue weighted by molar-refractivity contribution is 5.39. The fourth-order valence-electron chi connectivity index (χ4n) is 1.97. The molecule has 1 aromatic carbocycles. The lowest BCUT2D eigenvalue weighted by Gasteiger charge is -2.31.